The molecule has 7 nitrogen and oxygen atoms in total. The molecule has 88 valence electrons. The molecule has 0 aliphatic carbocycles. The largest absolute Gasteiger partial charge is 0.337 e. The fourth-order valence-corrected chi connectivity index (χ4v) is 1.06. The first kappa shape index (κ1) is 12.4. The lowest BCUT2D eigenvalue weighted by molar-refractivity contribution is -0.117. The van der Waals surface area contributed by atoms with E-state index in [2.05, 4.69) is 20.7 Å². The fourth-order valence-electron chi connectivity index (χ4n) is 0.991. The van der Waals surface area contributed by atoms with Crippen molar-refractivity contribution in [2.24, 2.45) is 7.05 Å². The Labute approximate surface area is 97.2 Å². The first-order valence-corrected chi connectivity index (χ1v) is 5.13. The predicted molar refractivity (Wildman–Crippen MR) is 57.0 cm³/mol. The Kier molecular flexibility index (Phi) is 4.71. The first-order chi connectivity index (χ1) is 7.61. The van der Waals surface area contributed by atoms with Gasteiger partial charge in [-0.05, 0) is 0 Å². The van der Waals surface area contributed by atoms with Crippen molar-refractivity contribution in [1.82, 2.24) is 25.4 Å². The number of imide groups is 1. The van der Waals surface area contributed by atoms with Crippen LogP contribution in [0.5, 0.6) is 0 Å². The lowest BCUT2D eigenvalue weighted by Crippen LogP contribution is -2.40. The van der Waals surface area contributed by atoms with Gasteiger partial charge in [-0.25, -0.2) is 9.78 Å². The third-order valence-corrected chi connectivity index (χ3v) is 1.90. The fraction of sp³-hybridized carbons (Fsp3) is 0.500. The van der Waals surface area contributed by atoms with E-state index in [9.17, 15) is 9.59 Å². The van der Waals surface area contributed by atoms with Crippen molar-refractivity contribution < 1.29 is 9.59 Å². The number of aryl methyl sites for hydroxylation is 1. The number of urea groups is 1. The Hall–Kier alpha value is -1.63. The van der Waals surface area contributed by atoms with Crippen LogP contribution in [0.15, 0.2) is 6.33 Å². The van der Waals surface area contributed by atoms with Gasteiger partial charge in [0.05, 0.1) is 0 Å². The van der Waals surface area contributed by atoms with Gasteiger partial charge in [0.2, 0.25) is 5.91 Å². The van der Waals surface area contributed by atoms with Crippen LogP contribution in [0.2, 0.25) is 0 Å². The summed E-state index contributed by atoms with van der Waals surface area (Å²) in [6, 6.07) is -0.568. The summed E-state index contributed by atoms with van der Waals surface area (Å²) in [6.07, 6.45) is 2.08. The number of nitrogens with zero attached hydrogens (tertiary/aromatic N) is 3. The molecule has 0 bridgehead atoms. The molecule has 1 rings (SSSR count). The zero-order valence-corrected chi connectivity index (χ0v) is 9.49. The van der Waals surface area contributed by atoms with Crippen LogP contribution < -0.4 is 10.6 Å². The molecule has 0 atom stereocenters. The SMILES string of the molecule is Cn1cnc(CCNC(=O)NC(=O)CCl)n1. The van der Waals surface area contributed by atoms with E-state index in [-0.39, 0.29) is 5.88 Å². The molecule has 0 saturated heterocycles. The second-order valence-corrected chi connectivity index (χ2v) is 3.29. The molecule has 0 unspecified atom stereocenters. The van der Waals surface area contributed by atoms with E-state index in [1.54, 1.807) is 18.1 Å². The van der Waals surface area contributed by atoms with Gasteiger partial charge < -0.3 is 5.32 Å². The highest BCUT2D eigenvalue weighted by molar-refractivity contribution is 6.28. The summed E-state index contributed by atoms with van der Waals surface area (Å²) in [7, 11) is 1.76. The standard InChI is InChI=1S/C8H12ClN5O2/c1-14-5-11-6(13-14)2-3-10-8(16)12-7(15)4-9/h5H,2-4H2,1H3,(H2,10,12,15,16). The van der Waals surface area contributed by atoms with Crippen LogP contribution in [0, 0.1) is 0 Å². The maximum Gasteiger partial charge on any atom is 0.321 e. The lowest BCUT2D eigenvalue weighted by atomic mass is 10.4. The molecule has 3 amide bonds. The van der Waals surface area contributed by atoms with E-state index in [1.165, 1.54) is 0 Å². The van der Waals surface area contributed by atoms with Gasteiger partial charge in [-0.3, -0.25) is 14.8 Å². The Morgan fingerprint density at radius 3 is 2.88 bits per heavy atom. The number of alkyl halides is 1. The minimum absolute atomic E-state index is 0.241. The van der Waals surface area contributed by atoms with Gasteiger partial charge in [-0.15, -0.1) is 11.6 Å². The number of aromatic nitrogens is 3. The van der Waals surface area contributed by atoms with Crippen LogP contribution in [-0.2, 0) is 18.3 Å². The number of rotatable bonds is 4. The van der Waals surface area contributed by atoms with Crippen LogP contribution in [0.3, 0.4) is 0 Å². The molecule has 1 aromatic rings. The molecule has 2 N–H and O–H groups in total. The Balaban J connectivity index is 2.20. The number of carbonyl (C=O) groups is 2. The second kappa shape index (κ2) is 6.06. The molecule has 8 heteroatoms. The van der Waals surface area contributed by atoms with E-state index < -0.39 is 11.9 Å². The normalized spacial score (nSPS) is 9.88. The van der Waals surface area contributed by atoms with Gasteiger partial charge in [0.25, 0.3) is 0 Å². The third-order valence-electron chi connectivity index (χ3n) is 1.66. The summed E-state index contributed by atoms with van der Waals surface area (Å²) in [5, 5.41) is 8.57. The van der Waals surface area contributed by atoms with E-state index in [4.69, 9.17) is 11.6 Å². The molecule has 0 aromatic carbocycles. The molecule has 1 heterocycles. The minimum atomic E-state index is -0.568. The van der Waals surface area contributed by atoms with Crippen LogP contribution in [-0.4, -0.2) is 39.1 Å². The number of amides is 3. The van der Waals surface area contributed by atoms with Gasteiger partial charge >= 0.3 is 6.03 Å². The van der Waals surface area contributed by atoms with E-state index in [0.29, 0.717) is 18.8 Å². The molecule has 1 aromatic heterocycles. The van der Waals surface area contributed by atoms with E-state index >= 15 is 0 Å². The minimum Gasteiger partial charge on any atom is -0.337 e. The van der Waals surface area contributed by atoms with Gasteiger partial charge in [0.15, 0.2) is 5.82 Å². The maximum atomic E-state index is 11.1. The summed E-state index contributed by atoms with van der Waals surface area (Å²) in [6.45, 7) is 0.353. The van der Waals surface area contributed by atoms with Crippen LogP contribution in [0.1, 0.15) is 5.82 Å². The Morgan fingerprint density at radius 1 is 1.56 bits per heavy atom. The van der Waals surface area contributed by atoms with Crippen molar-refractivity contribution in [3.05, 3.63) is 12.2 Å². The number of carbonyl (C=O) groups excluding carboxylic acids is 2. The molecule has 0 radical (unpaired) electrons. The van der Waals surface area contributed by atoms with E-state index in [1.807, 2.05) is 0 Å². The van der Waals surface area contributed by atoms with Gasteiger partial charge in [0, 0.05) is 20.0 Å². The smallest absolute Gasteiger partial charge is 0.321 e. The predicted octanol–water partition coefficient (Wildman–Crippen LogP) is -0.578. The summed E-state index contributed by atoms with van der Waals surface area (Å²) >= 11 is 5.21. The zero-order valence-electron chi connectivity index (χ0n) is 8.73. The average Bonchev–Trinajstić information content (AvgIpc) is 2.64. The van der Waals surface area contributed by atoms with Crippen molar-refractivity contribution in [3.8, 4) is 0 Å². The van der Waals surface area contributed by atoms with Crippen molar-refractivity contribution in [1.29, 1.82) is 0 Å². The summed E-state index contributed by atoms with van der Waals surface area (Å²) in [5.74, 6) is -0.142. The van der Waals surface area contributed by atoms with Crippen molar-refractivity contribution in [2.45, 2.75) is 6.42 Å². The van der Waals surface area contributed by atoms with Gasteiger partial charge in [0.1, 0.15) is 12.2 Å². The molecule has 0 saturated carbocycles. The van der Waals surface area contributed by atoms with Crippen molar-refractivity contribution in [3.63, 3.8) is 0 Å². The maximum absolute atomic E-state index is 11.1. The number of nitrogens with one attached hydrogen (secondary N) is 2. The Morgan fingerprint density at radius 2 is 2.31 bits per heavy atom. The summed E-state index contributed by atoms with van der Waals surface area (Å²) < 4.78 is 1.58. The zero-order chi connectivity index (χ0) is 12.0. The highest BCUT2D eigenvalue weighted by Crippen LogP contribution is 1.87. The number of hydrogen-bond donors (Lipinski definition) is 2. The second-order valence-electron chi connectivity index (χ2n) is 3.02. The van der Waals surface area contributed by atoms with Crippen LogP contribution >= 0.6 is 11.6 Å². The molecule has 16 heavy (non-hydrogen) atoms. The Bertz CT molecular complexity index is 378. The van der Waals surface area contributed by atoms with Gasteiger partial charge in [-0.2, -0.15) is 5.10 Å². The third kappa shape index (κ3) is 4.26. The molecule has 0 spiro atoms. The molecule has 0 aliphatic rings. The monoisotopic (exact) mass is 245 g/mol. The van der Waals surface area contributed by atoms with Gasteiger partial charge in [-0.1, -0.05) is 0 Å². The van der Waals surface area contributed by atoms with Crippen molar-refractivity contribution in [2.75, 3.05) is 12.4 Å². The topological polar surface area (TPSA) is 88.9 Å². The molecular weight excluding hydrogens is 234 g/mol. The highest BCUT2D eigenvalue weighted by atomic mass is 35.5. The molecular formula is C8H12ClN5O2. The summed E-state index contributed by atoms with van der Waals surface area (Å²) in [4.78, 5) is 25.8. The van der Waals surface area contributed by atoms with Crippen LogP contribution in [0.25, 0.3) is 0 Å². The lowest BCUT2D eigenvalue weighted by Gasteiger charge is -2.03. The number of halogens is 1. The summed E-state index contributed by atoms with van der Waals surface area (Å²) in [5.41, 5.74) is 0. The molecule has 0 fully saturated rings. The molecule has 0 aliphatic heterocycles. The van der Waals surface area contributed by atoms with Crippen molar-refractivity contribution >= 4 is 23.5 Å². The van der Waals surface area contributed by atoms with E-state index in [0.717, 1.165) is 0 Å². The average molecular weight is 246 g/mol. The first-order valence-electron chi connectivity index (χ1n) is 4.60. The highest BCUT2D eigenvalue weighted by Gasteiger charge is 2.05. The van der Waals surface area contributed by atoms with Crippen LogP contribution in [0.4, 0.5) is 4.79 Å². The quantitative estimate of drug-likeness (QED) is 0.695. The number of hydrogen-bond acceptors (Lipinski definition) is 4.